The first kappa shape index (κ1) is 20.1. The molecule has 1 aliphatic carbocycles. The van der Waals surface area contributed by atoms with Crippen molar-refractivity contribution in [1.82, 2.24) is 5.32 Å². The smallest absolute Gasteiger partial charge is 0.188 e. The Morgan fingerprint density at radius 1 is 1.30 bits per heavy atom. The van der Waals surface area contributed by atoms with Crippen LogP contribution in [0.5, 0.6) is 5.75 Å². The first-order valence-corrected chi connectivity index (χ1v) is 8.34. The molecule has 0 spiro atoms. The van der Waals surface area contributed by atoms with Crippen molar-refractivity contribution in [3.63, 3.8) is 0 Å². The number of ether oxygens (including phenoxy) is 1. The van der Waals surface area contributed by atoms with Crippen molar-refractivity contribution >= 4 is 29.9 Å². The summed E-state index contributed by atoms with van der Waals surface area (Å²) < 4.78 is 5.15. The van der Waals surface area contributed by atoms with Crippen molar-refractivity contribution in [3.8, 4) is 5.75 Å². The Morgan fingerprint density at radius 3 is 2.70 bits per heavy atom. The predicted molar refractivity (Wildman–Crippen MR) is 108 cm³/mol. The summed E-state index contributed by atoms with van der Waals surface area (Å²) in [6, 6.07) is 8.13. The maximum atomic E-state index is 5.95. The molecule has 1 saturated carbocycles. The number of aliphatic imine (C=N–C) groups is 1. The second kappa shape index (κ2) is 10.7. The van der Waals surface area contributed by atoms with Crippen LogP contribution in [0.3, 0.4) is 0 Å². The lowest BCUT2D eigenvalue weighted by Crippen LogP contribution is -2.34. The zero-order chi connectivity index (χ0) is 15.8. The number of halogens is 1. The van der Waals surface area contributed by atoms with Gasteiger partial charge in [0.25, 0.3) is 0 Å². The Morgan fingerprint density at radius 2 is 2.04 bits per heavy atom. The van der Waals surface area contributed by atoms with Gasteiger partial charge in [-0.15, -0.1) is 24.0 Å². The fraction of sp³-hybridized carbons (Fsp3) is 0.611. The number of methoxy groups -OCH3 is 1. The van der Waals surface area contributed by atoms with Crippen LogP contribution in [0.15, 0.2) is 29.3 Å². The molecule has 4 nitrogen and oxygen atoms in total. The van der Waals surface area contributed by atoms with Gasteiger partial charge in [-0.25, -0.2) is 0 Å². The molecule has 5 heteroatoms. The van der Waals surface area contributed by atoms with Gasteiger partial charge in [-0.05, 0) is 48.8 Å². The van der Waals surface area contributed by atoms with Crippen LogP contribution in [0.1, 0.15) is 38.2 Å². The predicted octanol–water partition coefficient (Wildman–Crippen LogP) is 3.59. The van der Waals surface area contributed by atoms with Crippen molar-refractivity contribution in [1.29, 1.82) is 0 Å². The van der Waals surface area contributed by atoms with Gasteiger partial charge in [0.2, 0.25) is 0 Å². The Labute approximate surface area is 157 Å². The molecule has 0 heterocycles. The van der Waals surface area contributed by atoms with Gasteiger partial charge in [-0.2, -0.15) is 0 Å². The molecule has 0 bridgehead atoms. The van der Waals surface area contributed by atoms with Gasteiger partial charge >= 0.3 is 0 Å². The minimum Gasteiger partial charge on any atom is -0.497 e. The summed E-state index contributed by atoms with van der Waals surface area (Å²) >= 11 is 0. The quantitative estimate of drug-likeness (QED) is 0.411. The molecule has 23 heavy (non-hydrogen) atoms. The zero-order valence-corrected chi connectivity index (χ0v) is 16.6. The number of hydrogen-bond acceptors (Lipinski definition) is 2. The molecule has 2 rings (SSSR count). The third kappa shape index (κ3) is 7.42. The molecule has 0 saturated heterocycles. The third-order valence-corrected chi connectivity index (χ3v) is 4.44. The lowest BCUT2D eigenvalue weighted by atomic mass is 9.82. The fourth-order valence-corrected chi connectivity index (χ4v) is 3.14. The Kier molecular flexibility index (Phi) is 9.36. The lowest BCUT2D eigenvalue weighted by Gasteiger charge is -2.25. The molecule has 0 radical (unpaired) electrons. The van der Waals surface area contributed by atoms with E-state index in [0.717, 1.165) is 31.2 Å². The Balaban J connectivity index is 0.00000264. The topological polar surface area (TPSA) is 59.6 Å². The van der Waals surface area contributed by atoms with Crippen molar-refractivity contribution in [2.24, 2.45) is 22.6 Å². The van der Waals surface area contributed by atoms with Gasteiger partial charge in [-0.1, -0.05) is 31.9 Å². The highest BCUT2D eigenvalue weighted by atomic mass is 127. The average Bonchev–Trinajstić information content (AvgIpc) is 2.54. The SMILES string of the molecule is COc1ccc(CCNC(N)=NCC2CCCC(C)C2)cc1.I. The molecule has 1 aromatic rings. The van der Waals surface area contributed by atoms with E-state index >= 15 is 0 Å². The molecule has 1 fully saturated rings. The number of benzene rings is 1. The number of nitrogens with one attached hydrogen (secondary N) is 1. The molecule has 130 valence electrons. The van der Waals surface area contributed by atoms with E-state index in [1.165, 1.54) is 31.2 Å². The maximum absolute atomic E-state index is 5.95. The summed E-state index contributed by atoms with van der Waals surface area (Å²) in [7, 11) is 1.68. The van der Waals surface area contributed by atoms with Crippen molar-refractivity contribution in [2.75, 3.05) is 20.2 Å². The molecule has 0 aromatic heterocycles. The second-order valence-electron chi connectivity index (χ2n) is 6.39. The molecule has 1 aromatic carbocycles. The molecular weight excluding hydrogens is 401 g/mol. The van der Waals surface area contributed by atoms with Crippen molar-refractivity contribution in [2.45, 2.75) is 39.0 Å². The van der Waals surface area contributed by atoms with E-state index in [0.29, 0.717) is 11.9 Å². The van der Waals surface area contributed by atoms with Crippen LogP contribution in [-0.4, -0.2) is 26.2 Å². The van der Waals surface area contributed by atoms with Gasteiger partial charge in [-0.3, -0.25) is 4.99 Å². The highest BCUT2D eigenvalue weighted by Gasteiger charge is 2.18. The van der Waals surface area contributed by atoms with Crippen LogP contribution in [0, 0.1) is 11.8 Å². The van der Waals surface area contributed by atoms with Crippen LogP contribution >= 0.6 is 24.0 Å². The zero-order valence-electron chi connectivity index (χ0n) is 14.3. The Bertz CT molecular complexity index is 476. The maximum Gasteiger partial charge on any atom is 0.188 e. The summed E-state index contributed by atoms with van der Waals surface area (Å²) in [6.07, 6.45) is 6.23. The van der Waals surface area contributed by atoms with E-state index in [-0.39, 0.29) is 24.0 Å². The van der Waals surface area contributed by atoms with Crippen molar-refractivity contribution < 1.29 is 4.74 Å². The largest absolute Gasteiger partial charge is 0.497 e. The minimum atomic E-state index is 0. The third-order valence-electron chi connectivity index (χ3n) is 4.44. The summed E-state index contributed by atoms with van der Waals surface area (Å²) in [4.78, 5) is 4.50. The van der Waals surface area contributed by atoms with Gasteiger partial charge in [0.05, 0.1) is 7.11 Å². The second-order valence-corrected chi connectivity index (χ2v) is 6.39. The summed E-state index contributed by atoms with van der Waals surface area (Å²) in [5.74, 6) is 3.02. The standard InChI is InChI=1S/C18H29N3O.HI/c1-14-4-3-5-16(12-14)13-21-18(19)20-11-10-15-6-8-17(22-2)9-7-15;/h6-9,14,16H,3-5,10-13H2,1-2H3,(H3,19,20,21);1H. The molecule has 3 N–H and O–H groups in total. The summed E-state index contributed by atoms with van der Waals surface area (Å²) in [6.45, 7) is 4.01. The van der Waals surface area contributed by atoms with E-state index in [4.69, 9.17) is 10.5 Å². The molecule has 2 unspecified atom stereocenters. The van der Waals surface area contributed by atoms with Gasteiger partial charge < -0.3 is 15.8 Å². The van der Waals surface area contributed by atoms with E-state index in [1.54, 1.807) is 7.11 Å². The molecule has 0 amide bonds. The highest BCUT2D eigenvalue weighted by molar-refractivity contribution is 14.0. The lowest BCUT2D eigenvalue weighted by molar-refractivity contribution is 0.289. The fourth-order valence-electron chi connectivity index (χ4n) is 3.14. The number of nitrogens with zero attached hydrogens (tertiary/aromatic N) is 1. The molecule has 1 aliphatic rings. The first-order valence-electron chi connectivity index (χ1n) is 8.34. The van der Waals surface area contributed by atoms with E-state index in [2.05, 4.69) is 29.4 Å². The van der Waals surface area contributed by atoms with Gasteiger partial charge in [0.15, 0.2) is 5.96 Å². The van der Waals surface area contributed by atoms with Gasteiger partial charge in [0, 0.05) is 13.1 Å². The Hall–Kier alpha value is -0.980. The monoisotopic (exact) mass is 431 g/mol. The van der Waals surface area contributed by atoms with E-state index in [9.17, 15) is 0 Å². The summed E-state index contributed by atoms with van der Waals surface area (Å²) in [5, 5.41) is 3.21. The first-order chi connectivity index (χ1) is 10.7. The number of guanidine groups is 1. The van der Waals surface area contributed by atoms with Crippen LogP contribution in [-0.2, 0) is 6.42 Å². The number of rotatable bonds is 6. The summed E-state index contributed by atoms with van der Waals surface area (Å²) in [5.41, 5.74) is 7.22. The van der Waals surface area contributed by atoms with Crippen LogP contribution in [0.25, 0.3) is 0 Å². The van der Waals surface area contributed by atoms with Crippen LogP contribution in [0.2, 0.25) is 0 Å². The van der Waals surface area contributed by atoms with Gasteiger partial charge in [0.1, 0.15) is 5.75 Å². The number of nitrogens with two attached hydrogens (primary N) is 1. The highest BCUT2D eigenvalue weighted by Crippen LogP contribution is 2.28. The van der Waals surface area contributed by atoms with Crippen molar-refractivity contribution in [3.05, 3.63) is 29.8 Å². The molecule has 0 aliphatic heterocycles. The molecule has 2 atom stereocenters. The number of hydrogen-bond donors (Lipinski definition) is 2. The average molecular weight is 431 g/mol. The molecular formula is C18H30IN3O. The van der Waals surface area contributed by atoms with Crippen LogP contribution in [0.4, 0.5) is 0 Å². The minimum absolute atomic E-state index is 0. The van der Waals surface area contributed by atoms with E-state index in [1.807, 2.05) is 12.1 Å². The van der Waals surface area contributed by atoms with E-state index < -0.39 is 0 Å². The normalized spacial score (nSPS) is 21.4. The van der Waals surface area contributed by atoms with Crippen LogP contribution < -0.4 is 15.8 Å².